The Morgan fingerprint density at radius 2 is 1.62 bits per heavy atom. The molecule has 172 valence electrons. The molecular formula is C27H24N2O3S2. The molecule has 1 N–H and O–H groups in total. The SMILES string of the molecule is Cc1ccc(N2C(=O)C3C4CC(C3C2=O)C2C4Sc3[nH]c(=O)sc3[C@H]2c2ccccc2C)cc1. The van der Waals surface area contributed by atoms with Gasteiger partial charge in [-0.25, -0.2) is 0 Å². The number of amides is 2. The Balaban J connectivity index is 1.34. The van der Waals surface area contributed by atoms with Crippen LogP contribution in [0.15, 0.2) is 58.4 Å². The zero-order chi connectivity index (χ0) is 23.3. The number of nitrogens with zero attached hydrogens (tertiary/aromatic N) is 1. The molecule has 6 unspecified atom stereocenters. The fraction of sp³-hybridized carbons (Fsp3) is 0.370. The zero-order valence-electron chi connectivity index (χ0n) is 18.9. The first kappa shape index (κ1) is 20.7. The second-order valence-corrected chi connectivity index (χ2v) is 12.4. The average Bonchev–Trinajstić information content (AvgIpc) is 3.54. The van der Waals surface area contributed by atoms with Crippen LogP contribution in [-0.4, -0.2) is 22.0 Å². The fourth-order valence-corrected chi connectivity index (χ4v) is 10.1. The first-order valence-electron chi connectivity index (χ1n) is 11.8. The molecule has 2 saturated carbocycles. The van der Waals surface area contributed by atoms with Crippen LogP contribution in [0.5, 0.6) is 0 Å². The monoisotopic (exact) mass is 488 g/mol. The number of carbonyl (C=O) groups excluding carboxylic acids is 2. The van der Waals surface area contributed by atoms with Crippen molar-refractivity contribution in [2.45, 2.75) is 36.5 Å². The number of H-pyrrole nitrogens is 1. The van der Waals surface area contributed by atoms with E-state index >= 15 is 0 Å². The lowest BCUT2D eigenvalue weighted by Gasteiger charge is -2.43. The lowest BCUT2D eigenvalue weighted by Crippen LogP contribution is -2.42. The Morgan fingerprint density at radius 3 is 2.35 bits per heavy atom. The number of thiazole rings is 1. The quantitative estimate of drug-likeness (QED) is 0.530. The van der Waals surface area contributed by atoms with Crippen molar-refractivity contribution >= 4 is 40.6 Å². The van der Waals surface area contributed by atoms with Crippen molar-refractivity contribution in [3.63, 3.8) is 0 Å². The van der Waals surface area contributed by atoms with E-state index in [1.54, 1.807) is 11.8 Å². The molecule has 2 aromatic carbocycles. The minimum atomic E-state index is -0.260. The average molecular weight is 489 g/mol. The third-order valence-corrected chi connectivity index (χ3v) is 11.1. The Bertz CT molecular complexity index is 1410. The molecule has 2 aliphatic carbocycles. The molecule has 7 heteroatoms. The van der Waals surface area contributed by atoms with Gasteiger partial charge in [0, 0.05) is 16.0 Å². The molecule has 4 aliphatic rings. The van der Waals surface area contributed by atoms with E-state index in [1.165, 1.54) is 27.4 Å². The molecule has 3 aromatic rings. The van der Waals surface area contributed by atoms with Crippen LogP contribution in [0.25, 0.3) is 0 Å². The van der Waals surface area contributed by atoms with E-state index in [0.717, 1.165) is 21.9 Å². The summed E-state index contributed by atoms with van der Waals surface area (Å²) >= 11 is 3.05. The van der Waals surface area contributed by atoms with Gasteiger partial charge >= 0.3 is 4.87 Å². The summed E-state index contributed by atoms with van der Waals surface area (Å²) in [5.74, 6) is 0.0363. The molecule has 7 atom stereocenters. The van der Waals surface area contributed by atoms with Crippen molar-refractivity contribution in [1.29, 1.82) is 0 Å². The van der Waals surface area contributed by atoms with Gasteiger partial charge in [0.15, 0.2) is 0 Å². The number of aromatic amines is 1. The summed E-state index contributed by atoms with van der Waals surface area (Å²) in [6.07, 6.45) is 0.915. The molecule has 0 radical (unpaired) electrons. The normalized spacial score (nSPS) is 33.2. The summed E-state index contributed by atoms with van der Waals surface area (Å²) in [4.78, 5) is 45.4. The second kappa shape index (κ2) is 7.18. The summed E-state index contributed by atoms with van der Waals surface area (Å²) in [6.45, 7) is 4.13. The number of aromatic nitrogens is 1. The number of anilines is 1. The molecule has 2 aliphatic heterocycles. The molecule has 1 aromatic heterocycles. The molecule has 3 fully saturated rings. The smallest absolute Gasteiger partial charge is 0.305 e. The van der Waals surface area contributed by atoms with Gasteiger partial charge in [0.2, 0.25) is 11.8 Å². The van der Waals surface area contributed by atoms with Crippen LogP contribution in [0.4, 0.5) is 5.69 Å². The Hall–Kier alpha value is -2.64. The van der Waals surface area contributed by atoms with Crippen molar-refractivity contribution < 1.29 is 9.59 Å². The van der Waals surface area contributed by atoms with Crippen molar-refractivity contribution in [2.75, 3.05) is 4.90 Å². The number of hydrogen-bond acceptors (Lipinski definition) is 5. The van der Waals surface area contributed by atoms with Crippen molar-refractivity contribution in [3.8, 4) is 0 Å². The van der Waals surface area contributed by atoms with E-state index in [-0.39, 0.29) is 57.4 Å². The Kier molecular flexibility index (Phi) is 4.38. The molecule has 1 saturated heterocycles. The van der Waals surface area contributed by atoms with Gasteiger partial charge in [0.05, 0.1) is 22.5 Å². The van der Waals surface area contributed by atoms with E-state index in [9.17, 15) is 14.4 Å². The molecule has 7 rings (SSSR count). The first-order chi connectivity index (χ1) is 16.4. The van der Waals surface area contributed by atoms with Gasteiger partial charge < -0.3 is 4.98 Å². The number of imide groups is 1. The third-order valence-electron chi connectivity index (χ3n) is 8.54. The van der Waals surface area contributed by atoms with Gasteiger partial charge in [-0.15, -0.1) is 11.8 Å². The summed E-state index contributed by atoms with van der Waals surface area (Å²) in [5, 5.41) is 1.18. The summed E-state index contributed by atoms with van der Waals surface area (Å²) in [5.41, 5.74) is 4.24. The highest BCUT2D eigenvalue weighted by molar-refractivity contribution is 8.00. The molecule has 5 nitrogen and oxygen atoms in total. The summed E-state index contributed by atoms with van der Waals surface area (Å²) < 4.78 is 0. The second-order valence-electron chi connectivity index (χ2n) is 10.2. The lowest BCUT2D eigenvalue weighted by atomic mass is 9.67. The summed E-state index contributed by atoms with van der Waals surface area (Å²) in [7, 11) is 0. The number of hydrogen-bond donors (Lipinski definition) is 1. The van der Waals surface area contributed by atoms with E-state index in [4.69, 9.17) is 0 Å². The van der Waals surface area contributed by atoms with Gasteiger partial charge in [0.25, 0.3) is 0 Å². The third kappa shape index (κ3) is 2.65. The van der Waals surface area contributed by atoms with Crippen molar-refractivity contribution in [1.82, 2.24) is 4.98 Å². The van der Waals surface area contributed by atoms with E-state index in [1.807, 2.05) is 37.3 Å². The maximum absolute atomic E-state index is 13.8. The zero-order valence-corrected chi connectivity index (χ0v) is 20.5. The number of thioether (sulfide) groups is 1. The van der Waals surface area contributed by atoms with Gasteiger partial charge in [0.1, 0.15) is 0 Å². The van der Waals surface area contributed by atoms with Gasteiger partial charge in [-0.05, 0) is 61.3 Å². The minimum Gasteiger partial charge on any atom is -0.307 e. The van der Waals surface area contributed by atoms with Crippen LogP contribution >= 0.6 is 23.1 Å². The molecular weight excluding hydrogens is 464 g/mol. The molecule has 3 heterocycles. The predicted molar refractivity (Wildman–Crippen MR) is 133 cm³/mol. The maximum Gasteiger partial charge on any atom is 0.305 e. The van der Waals surface area contributed by atoms with E-state index in [0.29, 0.717) is 5.69 Å². The number of fused-ring (bicyclic) bond motifs is 9. The van der Waals surface area contributed by atoms with Gasteiger partial charge in [-0.2, -0.15) is 0 Å². The number of carbonyl (C=O) groups is 2. The van der Waals surface area contributed by atoms with Crippen LogP contribution in [-0.2, 0) is 9.59 Å². The van der Waals surface area contributed by atoms with Gasteiger partial charge in [-0.3, -0.25) is 19.3 Å². The van der Waals surface area contributed by atoms with Crippen molar-refractivity contribution in [2.24, 2.45) is 29.6 Å². The van der Waals surface area contributed by atoms with Crippen LogP contribution in [0.1, 0.15) is 33.9 Å². The summed E-state index contributed by atoms with van der Waals surface area (Å²) in [6, 6.07) is 16.1. The number of aryl methyl sites for hydroxylation is 2. The van der Waals surface area contributed by atoms with Crippen molar-refractivity contribution in [3.05, 3.63) is 79.8 Å². The number of benzene rings is 2. The van der Waals surface area contributed by atoms with Crippen LogP contribution in [0, 0.1) is 43.4 Å². The topological polar surface area (TPSA) is 70.2 Å². The van der Waals surface area contributed by atoms with Crippen LogP contribution < -0.4 is 9.77 Å². The Labute approximate surface area is 205 Å². The fourth-order valence-electron chi connectivity index (χ4n) is 7.25. The molecule has 2 bridgehead atoms. The molecule has 2 amide bonds. The minimum absolute atomic E-state index is 0.0266. The molecule has 0 spiro atoms. The Morgan fingerprint density at radius 1 is 0.912 bits per heavy atom. The lowest BCUT2D eigenvalue weighted by molar-refractivity contribution is -0.123. The number of rotatable bonds is 2. The van der Waals surface area contributed by atoms with E-state index in [2.05, 4.69) is 30.1 Å². The highest BCUT2D eigenvalue weighted by Crippen LogP contribution is 2.68. The highest BCUT2D eigenvalue weighted by Gasteiger charge is 2.69. The maximum atomic E-state index is 13.8. The van der Waals surface area contributed by atoms with E-state index < -0.39 is 0 Å². The van der Waals surface area contributed by atoms with Crippen LogP contribution in [0.3, 0.4) is 0 Å². The van der Waals surface area contributed by atoms with Crippen LogP contribution in [0.2, 0.25) is 0 Å². The highest BCUT2D eigenvalue weighted by atomic mass is 32.2. The standard InChI is InChI=1S/C27H24N2O3S2/c1-12-7-9-14(10-8-12)29-25(30)20-16-11-17(21(20)26(29)31)22-19(16)18(15-6-4-3-5-13(15)2)23-24(33-22)28-27(32)34-23/h3-10,16-22H,11H2,1-2H3,(H,28,32)/t16?,17?,18-,19?,20?,21?,22?/m0/s1. The van der Waals surface area contributed by atoms with Gasteiger partial charge in [-0.1, -0.05) is 53.3 Å². The largest absolute Gasteiger partial charge is 0.307 e. The first-order valence-corrected chi connectivity index (χ1v) is 13.5. The molecule has 34 heavy (non-hydrogen) atoms. The predicted octanol–water partition coefficient (Wildman–Crippen LogP) is 4.73. The number of nitrogens with one attached hydrogen (secondary N) is 1.